The fourth-order valence-corrected chi connectivity index (χ4v) is 4.40. The van der Waals surface area contributed by atoms with Crippen LogP contribution in [0.4, 0.5) is 8.78 Å². The molecule has 0 aromatic heterocycles. The SMILES string of the molecule is O=C(NC1CS(=O)(=O)CC1Cl)c1cc(F)ccc1F. The van der Waals surface area contributed by atoms with E-state index in [2.05, 4.69) is 5.32 Å². The second kappa shape index (κ2) is 5.05. The van der Waals surface area contributed by atoms with Crippen LogP contribution in [0.25, 0.3) is 0 Å². The third-order valence-corrected chi connectivity index (χ3v) is 5.15. The van der Waals surface area contributed by atoms with Crippen molar-refractivity contribution in [3.63, 3.8) is 0 Å². The van der Waals surface area contributed by atoms with E-state index in [0.717, 1.165) is 18.2 Å². The molecule has 1 N–H and O–H groups in total. The first kappa shape index (κ1) is 14.2. The van der Waals surface area contributed by atoms with Crippen molar-refractivity contribution in [1.82, 2.24) is 5.32 Å². The van der Waals surface area contributed by atoms with E-state index in [9.17, 15) is 22.0 Å². The van der Waals surface area contributed by atoms with Crippen molar-refractivity contribution in [3.05, 3.63) is 35.4 Å². The van der Waals surface area contributed by atoms with Crippen molar-refractivity contribution in [2.75, 3.05) is 11.5 Å². The normalized spacial score (nSPS) is 25.2. The first-order valence-electron chi connectivity index (χ1n) is 5.39. The average Bonchev–Trinajstić information content (AvgIpc) is 2.55. The Bertz CT molecular complexity index is 620. The van der Waals surface area contributed by atoms with E-state index in [1.54, 1.807) is 0 Å². The van der Waals surface area contributed by atoms with Crippen LogP contribution in [0.3, 0.4) is 0 Å². The quantitative estimate of drug-likeness (QED) is 0.832. The Morgan fingerprint density at radius 2 is 2.00 bits per heavy atom. The number of hydrogen-bond donors (Lipinski definition) is 1. The number of carbonyl (C=O) groups is 1. The van der Waals surface area contributed by atoms with E-state index in [1.807, 2.05) is 0 Å². The zero-order valence-corrected chi connectivity index (χ0v) is 11.1. The molecule has 0 bridgehead atoms. The van der Waals surface area contributed by atoms with Crippen molar-refractivity contribution >= 4 is 27.3 Å². The molecule has 2 rings (SSSR count). The fourth-order valence-electron chi connectivity index (χ4n) is 1.85. The third kappa shape index (κ3) is 3.22. The minimum Gasteiger partial charge on any atom is -0.347 e. The molecule has 0 spiro atoms. The Labute approximate surface area is 113 Å². The highest BCUT2D eigenvalue weighted by Gasteiger charge is 2.37. The van der Waals surface area contributed by atoms with Crippen LogP contribution in [0, 0.1) is 11.6 Å². The van der Waals surface area contributed by atoms with Crippen molar-refractivity contribution in [3.8, 4) is 0 Å². The number of alkyl halides is 1. The highest BCUT2D eigenvalue weighted by molar-refractivity contribution is 7.91. The molecule has 0 saturated carbocycles. The van der Waals surface area contributed by atoms with Gasteiger partial charge in [0.15, 0.2) is 9.84 Å². The van der Waals surface area contributed by atoms with Crippen LogP contribution < -0.4 is 5.32 Å². The number of carbonyl (C=O) groups excluding carboxylic acids is 1. The maximum Gasteiger partial charge on any atom is 0.254 e. The number of hydrogen-bond acceptors (Lipinski definition) is 3. The highest BCUT2D eigenvalue weighted by atomic mass is 35.5. The number of benzene rings is 1. The summed E-state index contributed by atoms with van der Waals surface area (Å²) in [5, 5.41) is 1.54. The molecule has 2 unspecified atom stereocenters. The predicted molar refractivity (Wildman–Crippen MR) is 65.9 cm³/mol. The molecule has 4 nitrogen and oxygen atoms in total. The summed E-state index contributed by atoms with van der Waals surface area (Å²) in [5.41, 5.74) is -0.479. The predicted octanol–water partition coefficient (Wildman–Crippen LogP) is 1.10. The highest BCUT2D eigenvalue weighted by Crippen LogP contribution is 2.19. The Hall–Kier alpha value is -1.21. The largest absolute Gasteiger partial charge is 0.347 e. The standard InChI is InChI=1S/C11H10ClF2NO3S/c12-8-4-19(17,18)5-10(8)15-11(16)7-3-6(13)1-2-9(7)14/h1-3,8,10H,4-5H2,(H,15,16). The number of sulfone groups is 1. The molecule has 1 aromatic carbocycles. The van der Waals surface area contributed by atoms with Crippen LogP contribution in [0.2, 0.25) is 0 Å². The first-order chi connectivity index (χ1) is 8.78. The van der Waals surface area contributed by atoms with Crippen LogP contribution >= 0.6 is 11.6 Å². The summed E-state index contributed by atoms with van der Waals surface area (Å²) in [6, 6.07) is 1.66. The Kier molecular flexibility index (Phi) is 3.78. The lowest BCUT2D eigenvalue weighted by Gasteiger charge is -2.14. The van der Waals surface area contributed by atoms with Gasteiger partial charge in [-0.15, -0.1) is 11.6 Å². The molecule has 1 aliphatic heterocycles. The molecule has 1 aliphatic rings. The first-order valence-corrected chi connectivity index (χ1v) is 7.65. The molecular formula is C11H10ClF2NO3S. The number of amides is 1. The summed E-state index contributed by atoms with van der Waals surface area (Å²) in [6.45, 7) is 0. The summed E-state index contributed by atoms with van der Waals surface area (Å²) in [5.74, 6) is -3.07. The minimum absolute atomic E-state index is 0.245. The van der Waals surface area contributed by atoms with E-state index in [1.165, 1.54) is 0 Å². The van der Waals surface area contributed by atoms with E-state index in [4.69, 9.17) is 11.6 Å². The van der Waals surface area contributed by atoms with Gasteiger partial charge in [0, 0.05) is 0 Å². The summed E-state index contributed by atoms with van der Waals surface area (Å²) >= 11 is 5.80. The van der Waals surface area contributed by atoms with Crippen LogP contribution in [0.5, 0.6) is 0 Å². The van der Waals surface area contributed by atoms with Gasteiger partial charge in [0.05, 0.1) is 28.5 Å². The minimum atomic E-state index is -3.31. The second-order valence-corrected chi connectivity index (χ2v) is 7.01. The van der Waals surface area contributed by atoms with Crippen molar-refractivity contribution in [1.29, 1.82) is 0 Å². The van der Waals surface area contributed by atoms with Gasteiger partial charge in [-0.2, -0.15) is 0 Å². The molecule has 8 heteroatoms. The molecule has 1 saturated heterocycles. The molecule has 1 fully saturated rings. The summed E-state index contributed by atoms with van der Waals surface area (Å²) in [4.78, 5) is 11.8. The van der Waals surface area contributed by atoms with E-state index >= 15 is 0 Å². The molecule has 19 heavy (non-hydrogen) atoms. The summed E-state index contributed by atoms with van der Waals surface area (Å²) in [7, 11) is -3.31. The Balaban J connectivity index is 2.16. The van der Waals surface area contributed by atoms with Gasteiger partial charge >= 0.3 is 0 Å². The van der Waals surface area contributed by atoms with Gasteiger partial charge in [0.25, 0.3) is 5.91 Å². The number of halogens is 3. The van der Waals surface area contributed by atoms with E-state index in [-0.39, 0.29) is 11.5 Å². The molecular weight excluding hydrogens is 300 g/mol. The molecule has 0 aliphatic carbocycles. The molecule has 0 radical (unpaired) electrons. The molecule has 104 valence electrons. The zero-order chi connectivity index (χ0) is 14.2. The van der Waals surface area contributed by atoms with Crippen LogP contribution in [0.1, 0.15) is 10.4 Å². The Morgan fingerprint density at radius 1 is 1.32 bits per heavy atom. The molecule has 2 atom stereocenters. The number of rotatable bonds is 2. The zero-order valence-electron chi connectivity index (χ0n) is 9.57. The van der Waals surface area contributed by atoms with Crippen molar-refractivity contribution in [2.45, 2.75) is 11.4 Å². The van der Waals surface area contributed by atoms with Gasteiger partial charge in [0.1, 0.15) is 11.6 Å². The maximum absolute atomic E-state index is 13.4. The topological polar surface area (TPSA) is 63.2 Å². The van der Waals surface area contributed by atoms with E-state index in [0.29, 0.717) is 0 Å². The lowest BCUT2D eigenvalue weighted by Crippen LogP contribution is -2.41. The van der Waals surface area contributed by atoms with Gasteiger partial charge in [-0.3, -0.25) is 4.79 Å². The van der Waals surface area contributed by atoms with Gasteiger partial charge in [-0.25, -0.2) is 17.2 Å². The van der Waals surface area contributed by atoms with Gasteiger partial charge in [-0.1, -0.05) is 0 Å². The Morgan fingerprint density at radius 3 is 2.58 bits per heavy atom. The third-order valence-electron chi connectivity index (χ3n) is 2.77. The van der Waals surface area contributed by atoms with Gasteiger partial charge in [-0.05, 0) is 18.2 Å². The van der Waals surface area contributed by atoms with Crippen molar-refractivity contribution in [2.24, 2.45) is 0 Å². The average molecular weight is 310 g/mol. The summed E-state index contributed by atoms with van der Waals surface area (Å²) in [6.07, 6.45) is 0. The van der Waals surface area contributed by atoms with Crippen LogP contribution in [-0.4, -0.2) is 37.2 Å². The fraction of sp³-hybridized carbons (Fsp3) is 0.364. The summed E-state index contributed by atoms with van der Waals surface area (Å²) < 4.78 is 49.0. The molecule has 1 amide bonds. The van der Waals surface area contributed by atoms with E-state index < -0.39 is 44.4 Å². The smallest absolute Gasteiger partial charge is 0.254 e. The van der Waals surface area contributed by atoms with Gasteiger partial charge < -0.3 is 5.32 Å². The lowest BCUT2D eigenvalue weighted by atomic mass is 10.1. The van der Waals surface area contributed by atoms with Crippen molar-refractivity contribution < 1.29 is 22.0 Å². The lowest BCUT2D eigenvalue weighted by molar-refractivity contribution is 0.0937. The van der Waals surface area contributed by atoms with Crippen LogP contribution in [0.15, 0.2) is 18.2 Å². The monoisotopic (exact) mass is 309 g/mol. The maximum atomic E-state index is 13.4. The van der Waals surface area contributed by atoms with Crippen LogP contribution in [-0.2, 0) is 9.84 Å². The molecule has 1 heterocycles. The molecule has 1 aromatic rings. The number of nitrogens with one attached hydrogen (secondary N) is 1. The van der Waals surface area contributed by atoms with Gasteiger partial charge in [0.2, 0.25) is 0 Å². The second-order valence-electron chi connectivity index (χ2n) is 4.30.